The monoisotopic (exact) mass is 280 g/mol. The smallest absolute Gasteiger partial charge is 0.255 e. The summed E-state index contributed by atoms with van der Waals surface area (Å²) < 4.78 is 0. The molecule has 0 bridgehead atoms. The first kappa shape index (κ1) is 13.7. The lowest BCUT2D eigenvalue weighted by atomic mass is 9.99. The molecule has 0 fully saturated rings. The first-order valence-corrected chi connectivity index (χ1v) is 7.35. The van der Waals surface area contributed by atoms with Crippen LogP contribution in [0.1, 0.15) is 27.9 Å². The summed E-state index contributed by atoms with van der Waals surface area (Å²) in [6, 6.07) is 13.8. The van der Waals surface area contributed by atoms with Crippen LogP contribution in [0.2, 0.25) is 0 Å². The van der Waals surface area contributed by atoms with Crippen molar-refractivity contribution in [2.45, 2.75) is 19.8 Å². The molecule has 3 rings (SSSR count). The van der Waals surface area contributed by atoms with Crippen molar-refractivity contribution in [3.8, 4) is 0 Å². The molecule has 108 valence electrons. The van der Waals surface area contributed by atoms with Gasteiger partial charge in [0.05, 0.1) is 0 Å². The second-order valence-corrected chi connectivity index (χ2v) is 5.69. The number of amides is 1. The van der Waals surface area contributed by atoms with Crippen molar-refractivity contribution in [3.63, 3.8) is 0 Å². The molecule has 1 N–H and O–H groups in total. The van der Waals surface area contributed by atoms with Crippen LogP contribution in [0, 0.1) is 6.92 Å². The standard InChI is InChI=1S/C18H20N2O/c1-13-5-3-7-16(11-13)19-18(21)15-8-9-17-14(12-15)6-4-10-20(17)2/h3,5,7-9,11-12H,4,6,10H2,1-2H3,(H,19,21). The Balaban J connectivity index is 1.82. The van der Waals surface area contributed by atoms with Crippen molar-refractivity contribution >= 4 is 17.3 Å². The van der Waals surface area contributed by atoms with E-state index in [0.29, 0.717) is 0 Å². The van der Waals surface area contributed by atoms with Crippen molar-refractivity contribution in [1.29, 1.82) is 0 Å². The van der Waals surface area contributed by atoms with Gasteiger partial charge in [-0.25, -0.2) is 0 Å². The first-order valence-electron chi connectivity index (χ1n) is 7.35. The average molecular weight is 280 g/mol. The third kappa shape index (κ3) is 2.92. The van der Waals surface area contributed by atoms with Gasteiger partial charge in [-0.15, -0.1) is 0 Å². The zero-order valence-electron chi connectivity index (χ0n) is 12.5. The van der Waals surface area contributed by atoms with Gasteiger partial charge in [0.1, 0.15) is 0 Å². The highest BCUT2D eigenvalue weighted by atomic mass is 16.1. The van der Waals surface area contributed by atoms with Crippen LogP contribution in [-0.2, 0) is 6.42 Å². The Kier molecular flexibility index (Phi) is 3.65. The number of nitrogens with zero attached hydrogens (tertiary/aromatic N) is 1. The fourth-order valence-electron chi connectivity index (χ4n) is 2.85. The number of hydrogen-bond acceptors (Lipinski definition) is 2. The Hall–Kier alpha value is -2.29. The summed E-state index contributed by atoms with van der Waals surface area (Å²) in [5.41, 5.74) is 5.22. The number of rotatable bonds is 2. The van der Waals surface area contributed by atoms with Crippen LogP contribution in [0.3, 0.4) is 0 Å². The van der Waals surface area contributed by atoms with Crippen molar-refractivity contribution in [2.24, 2.45) is 0 Å². The summed E-state index contributed by atoms with van der Waals surface area (Å²) in [5.74, 6) is -0.0448. The molecule has 0 atom stereocenters. The van der Waals surface area contributed by atoms with Crippen molar-refractivity contribution in [2.75, 3.05) is 23.8 Å². The zero-order valence-corrected chi connectivity index (χ0v) is 12.5. The molecule has 1 heterocycles. The van der Waals surface area contributed by atoms with E-state index in [-0.39, 0.29) is 5.91 Å². The summed E-state index contributed by atoms with van der Waals surface area (Å²) in [7, 11) is 2.10. The summed E-state index contributed by atoms with van der Waals surface area (Å²) in [6.45, 7) is 3.10. The number of nitrogens with one attached hydrogen (secondary N) is 1. The van der Waals surface area contributed by atoms with Gasteiger partial charge < -0.3 is 10.2 Å². The maximum atomic E-state index is 12.4. The lowest BCUT2D eigenvalue weighted by molar-refractivity contribution is 0.102. The topological polar surface area (TPSA) is 32.3 Å². The van der Waals surface area contributed by atoms with Gasteiger partial charge >= 0.3 is 0 Å². The van der Waals surface area contributed by atoms with Crippen LogP contribution in [-0.4, -0.2) is 19.5 Å². The number of carbonyl (C=O) groups excluding carboxylic acids is 1. The van der Waals surface area contributed by atoms with E-state index < -0.39 is 0 Å². The Bertz CT molecular complexity index is 679. The summed E-state index contributed by atoms with van der Waals surface area (Å²) in [6.07, 6.45) is 2.19. The van der Waals surface area contributed by atoms with Crippen LogP contribution in [0.25, 0.3) is 0 Å². The van der Waals surface area contributed by atoms with Crippen molar-refractivity contribution in [3.05, 3.63) is 59.2 Å². The Morgan fingerprint density at radius 3 is 2.86 bits per heavy atom. The van der Waals surface area contributed by atoms with Crippen LogP contribution >= 0.6 is 0 Å². The Morgan fingerprint density at radius 2 is 2.05 bits per heavy atom. The van der Waals surface area contributed by atoms with Gasteiger partial charge in [-0.05, 0) is 61.2 Å². The predicted molar refractivity (Wildman–Crippen MR) is 87.2 cm³/mol. The van der Waals surface area contributed by atoms with E-state index in [4.69, 9.17) is 0 Å². The van der Waals surface area contributed by atoms with E-state index in [1.165, 1.54) is 11.3 Å². The van der Waals surface area contributed by atoms with Crippen molar-refractivity contribution in [1.82, 2.24) is 0 Å². The number of anilines is 2. The van der Waals surface area contributed by atoms with Gasteiger partial charge in [0, 0.05) is 30.5 Å². The number of fused-ring (bicyclic) bond motifs is 1. The molecule has 21 heavy (non-hydrogen) atoms. The third-order valence-electron chi connectivity index (χ3n) is 3.97. The molecule has 1 aliphatic rings. The van der Waals surface area contributed by atoms with Gasteiger partial charge in [0.25, 0.3) is 5.91 Å². The zero-order chi connectivity index (χ0) is 14.8. The molecule has 0 aromatic heterocycles. The lowest BCUT2D eigenvalue weighted by Gasteiger charge is -2.27. The van der Waals surface area contributed by atoms with E-state index in [1.807, 2.05) is 43.3 Å². The van der Waals surface area contributed by atoms with E-state index in [0.717, 1.165) is 36.2 Å². The summed E-state index contributed by atoms with van der Waals surface area (Å²) in [5, 5.41) is 2.96. The maximum Gasteiger partial charge on any atom is 0.255 e. The van der Waals surface area contributed by atoms with E-state index in [2.05, 4.69) is 23.3 Å². The maximum absolute atomic E-state index is 12.4. The molecule has 0 unspecified atom stereocenters. The minimum absolute atomic E-state index is 0.0448. The second-order valence-electron chi connectivity index (χ2n) is 5.69. The predicted octanol–water partition coefficient (Wildman–Crippen LogP) is 3.63. The van der Waals surface area contributed by atoms with Gasteiger partial charge in [0.15, 0.2) is 0 Å². The Labute approximate surface area is 125 Å². The molecule has 3 heteroatoms. The normalized spacial score (nSPS) is 13.7. The molecule has 0 saturated heterocycles. The van der Waals surface area contributed by atoms with Crippen molar-refractivity contribution < 1.29 is 4.79 Å². The first-order chi connectivity index (χ1) is 10.1. The van der Waals surface area contributed by atoms with Gasteiger partial charge in [0.2, 0.25) is 0 Å². The number of benzene rings is 2. The largest absolute Gasteiger partial charge is 0.374 e. The molecule has 0 aliphatic carbocycles. The van der Waals surface area contributed by atoms with E-state index in [1.54, 1.807) is 0 Å². The number of hydrogen-bond donors (Lipinski definition) is 1. The molecule has 1 amide bonds. The lowest BCUT2D eigenvalue weighted by Crippen LogP contribution is -2.25. The molecule has 0 saturated carbocycles. The van der Waals surface area contributed by atoms with Crippen LogP contribution < -0.4 is 10.2 Å². The molecule has 0 radical (unpaired) electrons. The quantitative estimate of drug-likeness (QED) is 0.911. The SMILES string of the molecule is Cc1cccc(NC(=O)c2ccc3c(c2)CCCN3C)c1. The molecule has 3 nitrogen and oxygen atoms in total. The minimum atomic E-state index is -0.0448. The average Bonchev–Trinajstić information content (AvgIpc) is 2.47. The second kappa shape index (κ2) is 5.60. The number of aryl methyl sites for hydroxylation is 2. The highest BCUT2D eigenvalue weighted by molar-refractivity contribution is 6.04. The highest BCUT2D eigenvalue weighted by Crippen LogP contribution is 2.27. The third-order valence-corrected chi connectivity index (χ3v) is 3.97. The minimum Gasteiger partial charge on any atom is -0.374 e. The number of carbonyl (C=O) groups is 1. The molecular formula is C18H20N2O. The molecule has 2 aromatic rings. The van der Waals surface area contributed by atoms with Crippen LogP contribution in [0.5, 0.6) is 0 Å². The molecule has 2 aromatic carbocycles. The highest BCUT2D eigenvalue weighted by Gasteiger charge is 2.16. The van der Waals surface area contributed by atoms with Gasteiger partial charge in [-0.2, -0.15) is 0 Å². The fraction of sp³-hybridized carbons (Fsp3) is 0.278. The van der Waals surface area contributed by atoms with E-state index in [9.17, 15) is 4.79 Å². The van der Waals surface area contributed by atoms with Crippen LogP contribution in [0.15, 0.2) is 42.5 Å². The fourth-order valence-corrected chi connectivity index (χ4v) is 2.85. The molecule has 0 spiro atoms. The van der Waals surface area contributed by atoms with Crippen LogP contribution in [0.4, 0.5) is 11.4 Å². The van der Waals surface area contributed by atoms with Gasteiger partial charge in [-0.3, -0.25) is 4.79 Å². The molecular weight excluding hydrogens is 260 g/mol. The van der Waals surface area contributed by atoms with E-state index >= 15 is 0 Å². The summed E-state index contributed by atoms with van der Waals surface area (Å²) >= 11 is 0. The van der Waals surface area contributed by atoms with Gasteiger partial charge in [-0.1, -0.05) is 12.1 Å². The summed E-state index contributed by atoms with van der Waals surface area (Å²) in [4.78, 5) is 14.6. The molecule has 1 aliphatic heterocycles. The Morgan fingerprint density at radius 1 is 1.19 bits per heavy atom.